The zero-order valence-corrected chi connectivity index (χ0v) is 16.3. The smallest absolute Gasteiger partial charge is 0.0928 e. The van der Waals surface area contributed by atoms with Crippen molar-refractivity contribution >= 4 is 33.7 Å². The minimum absolute atomic E-state index is 0.197. The van der Waals surface area contributed by atoms with Crippen molar-refractivity contribution in [1.29, 1.82) is 0 Å². The molecule has 0 aromatic heterocycles. The fourth-order valence-corrected chi connectivity index (χ4v) is 5.53. The maximum Gasteiger partial charge on any atom is 0.139 e. The van der Waals surface area contributed by atoms with Crippen LogP contribution in [0.1, 0.15) is 22.3 Å². The molecular weight excluding hydrogens is 333 g/mol. The van der Waals surface area contributed by atoms with Crippen molar-refractivity contribution in [3.63, 3.8) is 0 Å². The predicted molar refractivity (Wildman–Crippen MR) is 126 cm³/mol. The topological polar surface area (TPSA) is 0 Å². The molecule has 1 spiro atoms. The van der Waals surface area contributed by atoms with Gasteiger partial charge < -0.3 is 0 Å². The van der Waals surface area contributed by atoms with Gasteiger partial charge in [0.05, 0.1) is 13.2 Å². The van der Waals surface area contributed by atoms with Gasteiger partial charge in [0, 0.05) is 0 Å². The van der Waals surface area contributed by atoms with E-state index in [1.165, 1.54) is 55.4 Å². The van der Waals surface area contributed by atoms with Crippen molar-refractivity contribution < 1.29 is 0 Å². The SMILES string of the molecule is BBc1ccc2c(c1)-c1cc(B)ccc1C21c2ccccc2-c2ccccc21. The van der Waals surface area contributed by atoms with Gasteiger partial charge in [0.15, 0.2) is 0 Å². The minimum Gasteiger partial charge on any atom is -0.0928 e. The molecule has 4 aromatic carbocycles. The Labute approximate surface area is 168 Å². The van der Waals surface area contributed by atoms with E-state index >= 15 is 0 Å². The zero-order valence-electron chi connectivity index (χ0n) is 16.3. The molecular formula is C25H19B3. The lowest BCUT2D eigenvalue weighted by atomic mass is 9.51. The van der Waals surface area contributed by atoms with Crippen LogP contribution < -0.4 is 10.9 Å². The van der Waals surface area contributed by atoms with Crippen LogP contribution in [0.15, 0.2) is 84.9 Å². The molecule has 2 aliphatic rings. The maximum atomic E-state index is 2.42. The fourth-order valence-electron chi connectivity index (χ4n) is 5.53. The third-order valence-electron chi connectivity index (χ3n) is 6.72. The minimum atomic E-state index is -0.197. The summed E-state index contributed by atoms with van der Waals surface area (Å²) >= 11 is 0. The molecule has 0 bridgehead atoms. The molecule has 2 aliphatic carbocycles. The highest BCUT2D eigenvalue weighted by Crippen LogP contribution is 2.62. The van der Waals surface area contributed by atoms with E-state index in [9.17, 15) is 0 Å². The van der Waals surface area contributed by atoms with Crippen molar-refractivity contribution in [2.45, 2.75) is 5.41 Å². The van der Waals surface area contributed by atoms with Gasteiger partial charge in [-0.05, 0) is 44.5 Å². The summed E-state index contributed by atoms with van der Waals surface area (Å²) in [4.78, 5) is 0. The Morgan fingerprint density at radius 3 is 1.75 bits per heavy atom. The summed E-state index contributed by atoms with van der Waals surface area (Å²) in [5, 5.41) is 0. The van der Waals surface area contributed by atoms with Crippen LogP contribution >= 0.6 is 0 Å². The molecule has 3 heteroatoms. The standard InChI is InChI=1S/C25H19B3/c26-15-9-11-23-19(13-15)20-14-16(28-27)10-12-24(20)25(23)21-7-3-1-5-17(21)18-6-2-4-8-22(18)25/h1-14,28H,26-27H2. The molecule has 4 aromatic rings. The summed E-state index contributed by atoms with van der Waals surface area (Å²) in [5.74, 6) is 0. The highest BCUT2D eigenvalue weighted by atomic mass is 14.5. The highest BCUT2D eigenvalue weighted by Gasteiger charge is 2.51. The molecule has 0 radical (unpaired) electrons. The van der Waals surface area contributed by atoms with Crippen LogP contribution in [0, 0.1) is 0 Å². The molecule has 0 aliphatic heterocycles. The quantitative estimate of drug-likeness (QED) is 0.397. The van der Waals surface area contributed by atoms with Gasteiger partial charge in [0.1, 0.15) is 15.0 Å². The van der Waals surface area contributed by atoms with Crippen molar-refractivity contribution in [3.05, 3.63) is 107 Å². The summed E-state index contributed by atoms with van der Waals surface area (Å²) in [6, 6.07) is 32.1. The number of fused-ring (bicyclic) bond motifs is 10. The van der Waals surface area contributed by atoms with Crippen LogP contribution in [-0.2, 0) is 5.41 Å². The average Bonchev–Trinajstić information content (AvgIpc) is 3.20. The molecule has 0 saturated heterocycles. The zero-order chi connectivity index (χ0) is 18.9. The molecule has 0 heterocycles. The Bertz CT molecular complexity index is 1230. The van der Waals surface area contributed by atoms with Gasteiger partial charge in [-0.15, -0.1) is 0 Å². The summed E-state index contributed by atoms with van der Waals surface area (Å²) < 4.78 is 0. The third kappa shape index (κ3) is 1.80. The van der Waals surface area contributed by atoms with Gasteiger partial charge in [-0.25, -0.2) is 0 Å². The Morgan fingerprint density at radius 1 is 0.571 bits per heavy atom. The number of hydrogen-bond donors (Lipinski definition) is 0. The lowest BCUT2D eigenvalue weighted by Crippen LogP contribution is -2.26. The Hall–Kier alpha value is -2.93. The first-order chi connectivity index (χ1) is 13.7. The van der Waals surface area contributed by atoms with Crippen LogP contribution in [0.25, 0.3) is 22.3 Å². The molecule has 28 heavy (non-hydrogen) atoms. The van der Waals surface area contributed by atoms with Crippen molar-refractivity contribution in [3.8, 4) is 22.3 Å². The monoisotopic (exact) mass is 352 g/mol. The fraction of sp³-hybridized carbons (Fsp3) is 0.0400. The average molecular weight is 352 g/mol. The first kappa shape index (κ1) is 16.1. The van der Waals surface area contributed by atoms with E-state index in [2.05, 4.69) is 101 Å². The molecule has 0 atom stereocenters. The van der Waals surface area contributed by atoms with Gasteiger partial charge in [-0.2, -0.15) is 0 Å². The van der Waals surface area contributed by atoms with Gasteiger partial charge in [-0.1, -0.05) is 95.9 Å². The van der Waals surface area contributed by atoms with Crippen LogP contribution in [0.3, 0.4) is 0 Å². The second-order valence-corrected chi connectivity index (χ2v) is 8.12. The lowest BCUT2D eigenvalue weighted by Gasteiger charge is -2.30. The van der Waals surface area contributed by atoms with Crippen molar-refractivity contribution in [1.82, 2.24) is 0 Å². The van der Waals surface area contributed by atoms with E-state index in [0.717, 1.165) is 7.17 Å². The molecule has 0 unspecified atom stereocenters. The van der Waals surface area contributed by atoms with Gasteiger partial charge >= 0.3 is 0 Å². The lowest BCUT2D eigenvalue weighted by molar-refractivity contribution is 0.794. The van der Waals surface area contributed by atoms with Crippen LogP contribution in [0.2, 0.25) is 0 Å². The second kappa shape index (κ2) is 5.55. The largest absolute Gasteiger partial charge is 0.139 e. The van der Waals surface area contributed by atoms with Crippen LogP contribution in [0.5, 0.6) is 0 Å². The maximum absolute atomic E-state index is 2.42. The Balaban J connectivity index is 1.83. The van der Waals surface area contributed by atoms with Crippen molar-refractivity contribution in [2.24, 2.45) is 0 Å². The highest BCUT2D eigenvalue weighted by molar-refractivity contribution is 6.97. The third-order valence-corrected chi connectivity index (χ3v) is 6.72. The van der Waals surface area contributed by atoms with E-state index in [1.54, 1.807) is 0 Å². The second-order valence-electron chi connectivity index (χ2n) is 8.12. The number of benzene rings is 4. The predicted octanol–water partition coefficient (Wildman–Crippen LogP) is 1.90. The van der Waals surface area contributed by atoms with E-state index in [0.29, 0.717) is 0 Å². The van der Waals surface area contributed by atoms with E-state index in [-0.39, 0.29) is 5.41 Å². The van der Waals surface area contributed by atoms with E-state index < -0.39 is 0 Å². The summed E-state index contributed by atoms with van der Waals surface area (Å²) in [6.07, 6.45) is 0. The number of rotatable bonds is 1. The molecule has 0 nitrogen and oxygen atoms in total. The van der Waals surface area contributed by atoms with Gasteiger partial charge in [0.25, 0.3) is 0 Å². The molecule has 0 fully saturated rings. The molecule has 0 N–H and O–H groups in total. The van der Waals surface area contributed by atoms with E-state index in [4.69, 9.17) is 0 Å². The Morgan fingerprint density at radius 2 is 1.11 bits per heavy atom. The van der Waals surface area contributed by atoms with Crippen molar-refractivity contribution in [2.75, 3.05) is 0 Å². The number of hydrogen-bond acceptors (Lipinski definition) is 0. The summed E-state index contributed by atoms with van der Waals surface area (Å²) in [6.45, 7) is 0. The molecule has 6 rings (SSSR count). The van der Waals surface area contributed by atoms with E-state index in [1.807, 2.05) is 0 Å². The van der Waals surface area contributed by atoms with Gasteiger partial charge in [0.2, 0.25) is 0 Å². The summed E-state index contributed by atoms with van der Waals surface area (Å²) in [7, 11) is 5.50. The molecule has 128 valence electrons. The van der Waals surface area contributed by atoms with Crippen LogP contribution in [0.4, 0.5) is 0 Å². The molecule has 0 saturated carbocycles. The normalized spacial score (nSPS) is 14.3. The molecule has 0 amide bonds. The summed E-state index contributed by atoms with van der Waals surface area (Å²) in [5.41, 5.74) is 13.8. The Kier molecular flexibility index (Phi) is 3.18. The first-order valence-electron chi connectivity index (χ1n) is 10.2. The van der Waals surface area contributed by atoms with Crippen LogP contribution in [-0.4, -0.2) is 22.8 Å². The van der Waals surface area contributed by atoms with Gasteiger partial charge in [-0.3, -0.25) is 0 Å². The first-order valence-corrected chi connectivity index (χ1v) is 10.2.